The first-order valence-electron chi connectivity index (χ1n) is 7.19. The molecule has 0 aliphatic heterocycles. The first-order valence-corrected chi connectivity index (χ1v) is 7.19. The number of carbonyl (C=O) groups is 2. The second kappa shape index (κ2) is 7.48. The Labute approximate surface area is 115 Å². The van der Waals surface area contributed by atoms with Crippen LogP contribution in [0.3, 0.4) is 0 Å². The molecule has 0 heterocycles. The van der Waals surface area contributed by atoms with Gasteiger partial charge < -0.3 is 10.6 Å². The quantitative estimate of drug-likeness (QED) is 0.763. The maximum absolute atomic E-state index is 11.9. The molecule has 1 aliphatic rings. The van der Waals surface area contributed by atoms with Crippen molar-refractivity contribution in [1.82, 2.24) is 5.48 Å². The Balaban J connectivity index is 2.35. The molecule has 2 unspecified atom stereocenters. The van der Waals surface area contributed by atoms with Gasteiger partial charge in [0, 0.05) is 0 Å². The van der Waals surface area contributed by atoms with Crippen molar-refractivity contribution in [3.8, 4) is 0 Å². The molecule has 5 heteroatoms. The lowest BCUT2D eigenvalue weighted by molar-refractivity contribution is -0.164. The largest absolute Gasteiger partial charge is 0.340 e. The number of amides is 1. The second-order valence-electron chi connectivity index (χ2n) is 5.84. The highest BCUT2D eigenvalue weighted by molar-refractivity contribution is 5.82. The SMILES string of the molecule is CC(C)C(N)C(=O)NOC(=O)C(C)C1CCCCC1. The molecule has 1 rings (SSSR count). The molecular formula is C14H26N2O3. The molecule has 19 heavy (non-hydrogen) atoms. The molecule has 0 bridgehead atoms. The van der Waals surface area contributed by atoms with Crippen LogP contribution in [0.5, 0.6) is 0 Å². The monoisotopic (exact) mass is 270 g/mol. The minimum absolute atomic E-state index is 0.00877. The molecule has 0 spiro atoms. The van der Waals surface area contributed by atoms with E-state index in [0.717, 1.165) is 12.8 Å². The Bertz CT molecular complexity index is 312. The predicted molar refractivity (Wildman–Crippen MR) is 72.8 cm³/mol. The summed E-state index contributed by atoms with van der Waals surface area (Å²) in [6.07, 6.45) is 5.73. The summed E-state index contributed by atoms with van der Waals surface area (Å²) < 4.78 is 0. The Hall–Kier alpha value is -1.10. The molecule has 110 valence electrons. The van der Waals surface area contributed by atoms with Crippen LogP contribution in [-0.4, -0.2) is 17.9 Å². The molecule has 0 radical (unpaired) electrons. The van der Waals surface area contributed by atoms with Crippen LogP contribution in [0.2, 0.25) is 0 Å². The van der Waals surface area contributed by atoms with E-state index in [1.54, 1.807) is 0 Å². The third-order valence-corrected chi connectivity index (χ3v) is 4.00. The van der Waals surface area contributed by atoms with Crippen LogP contribution in [0, 0.1) is 17.8 Å². The number of nitrogens with one attached hydrogen (secondary N) is 1. The molecule has 0 saturated heterocycles. The molecule has 1 amide bonds. The van der Waals surface area contributed by atoms with Crippen molar-refractivity contribution in [3.05, 3.63) is 0 Å². The van der Waals surface area contributed by atoms with Crippen LogP contribution in [-0.2, 0) is 14.4 Å². The van der Waals surface area contributed by atoms with E-state index in [4.69, 9.17) is 10.6 Å². The van der Waals surface area contributed by atoms with Gasteiger partial charge in [-0.2, -0.15) is 5.48 Å². The number of hydrogen-bond donors (Lipinski definition) is 2. The number of nitrogens with two attached hydrogens (primary N) is 1. The summed E-state index contributed by atoms with van der Waals surface area (Å²) in [6.45, 7) is 5.56. The molecule has 1 fully saturated rings. The zero-order chi connectivity index (χ0) is 14.4. The minimum Gasteiger partial charge on any atom is -0.340 e. The Morgan fingerprint density at radius 2 is 1.74 bits per heavy atom. The number of carbonyl (C=O) groups excluding carboxylic acids is 2. The molecule has 3 N–H and O–H groups in total. The van der Waals surface area contributed by atoms with Gasteiger partial charge in [-0.3, -0.25) is 4.79 Å². The van der Waals surface area contributed by atoms with Gasteiger partial charge in [0.1, 0.15) is 0 Å². The van der Waals surface area contributed by atoms with Crippen molar-refractivity contribution in [2.24, 2.45) is 23.5 Å². The zero-order valence-corrected chi connectivity index (χ0v) is 12.1. The van der Waals surface area contributed by atoms with E-state index in [1.165, 1.54) is 19.3 Å². The van der Waals surface area contributed by atoms with Gasteiger partial charge in [0.15, 0.2) is 0 Å². The second-order valence-corrected chi connectivity index (χ2v) is 5.84. The van der Waals surface area contributed by atoms with E-state index in [0.29, 0.717) is 5.92 Å². The van der Waals surface area contributed by atoms with Crippen LogP contribution in [0.1, 0.15) is 52.9 Å². The normalized spacial score (nSPS) is 19.8. The number of rotatable bonds is 4. The lowest BCUT2D eigenvalue weighted by Gasteiger charge is -2.26. The van der Waals surface area contributed by atoms with Gasteiger partial charge in [-0.15, -0.1) is 0 Å². The average Bonchev–Trinajstić information content (AvgIpc) is 2.43. The fraction of sp³-hybridized carbons (Fsp3) is 0.857. The summed E-state index contributed by atoms with van der Waals surface area (Å²) in [4.78, 5) is 28.3. The van der Waals surface area contributed by atoms with E-state index in [9.17, 15) is 9.59 Å². The van der Waals surface area contributed by atoms with E-state index >= 15 is 0 Å². The Morgan fingerprint density at radius 1 is 1.16 bits per heavy atom. The molecule has 1 saturated carbocycles. The van der Waals surface area contributed by atoms with Crippen LogP contribution < -0.4 is 11.2 Å². The fourth-order valence-corrected chi connectivity index (χ4v) is 2.39. The van der Waals surface area contributed by atoms with Gasteiger partial charge in [0.25, 0.3) is 5.91 Å². The third-order valence-electron chi connectivity index (χ3n) is 4.00. The van der Waals surface area contributed by atoms with Crippen molar-refractivity contribution in [3.63, 3.8) is 0 Å². The van der Waals surface area contributed by atoms with Crippen molar-refractivity contribution in [2.45, 2.75) is 58.9 Å². The molecule has 0 aromatic heterocycles. The Kier molecular flexibility index (Phi) is 6.28. The summed E-state index contributed by atoms with van der Waals surface area (Å²) in [5.74, 6) is -0.599. The van der Waals surface area contributed by atoms with Crippen molar-refractivity contribution in [2.75, 3.05) is 0 Å². The van der Waals surface area contributed by atoms with Gasteiger partial charge in [-0.05, 0) is 24.7 Å². The predicted octanol–water partition coefficient (Wildman–Crippen LogP) is 1.76. The van der Waals surface area contributed by atoms with E-state index in [2.05, 4.69) is 5.48 Å². The van der Waals surface area contributed by atoms with Crippen LogP contribution in [0.4, 0.5) is 0 Å². The fourth-order valence-electron chi connectivity index (χ4n) is 2.39. The molecular weight excluding hydrogens is 244 g/mol. The summed E-state index contributed by atoms with van der Waals surface area (Å²) in [6, 6.07) is -0.655. The van der Waals surface area contributed by atoms with E-state index < -0.39 is 11.9 Å². The maximum atomic E-state index is 11.9. The molecule has 1 aliphatic carbocycles. The first-order chi connectivity index (χ1) is 8.93. The summed E-state index contributed by atoms with van der Waals surface area (Å²) in [7, 11) is 0. The van der Waals surface area contributed by atoms with E-state index in [1.807, 2.05) is 20.8 Å². The van der Waals surface area contributed by atoms with Crippen LogP contribution >= 0.6 is 0 Å². The average molecular weight is 270 g/mol. The smallest absolute Gasteiger partial charge is 0.335 e. The summed E-state index contributed by atoms with van der Waals surface area (Å²) in [5, 5.41) is 0. The van der Waals surface area contributed by atoms with Crippen molar-refractivity contribution >= 4 is 11.9 Å². The molecule has 0 aromatic carbocycles. The molecule has 0 aromatic rings. The number of hydrogen-bond acceptors (Lipinski definition) is 4. The lowest BCUT2D eigenvalue weighted by Crippen LogP contribution is -2.45. The standard InChI is InChI=1S/C14H26N2O3/c1-9(2)12(15)13(17)16-19-14(18)10(3)11-7-5-4-6-8-11/h9-12H,4-8,15H2,1-3H3,(H,16,17). The zero-order valence-electron chi connectivity index (χ0n) is 12.1. The topological polar surface area (TPSA) is 81.4 Å². The molecule has 5 nitrogen and oxygen atoms in total. The van der Waals surface area contributed by atoms with Crippen LogP contribution in [0.25, 0.3) is 0 Å². The molecule has 2 atom stereocenters. The van der Waals surface area contributed by atoms with Gasteiger partial charge in [-0.1, -0.05) is 40.0 Å². The maximum Gasteiger partial charge on any atom is 0.335 e. The highest BCUT2D eigenvalue weighted by Crippen LogP contribution is 2.30. The van der Waals surface area contributed by atoms with Crippen molar-refractivity contribution in [1.29, 1.82) is 0 Å². The van der Waals surface area contributed by atoms with Gasteiger partial charge in [-0.25, -0.2) is 4.79 Å². The summed E-state index contributed by atoms with van der Waals surface area (Å²) in [5.41, 5.74) is 7.83. The number of hydroxylamine groups is 1. The van der Waals surface area contributed by atoms with Gasteiger partial charge in [0.05, 0.1) is 12.0 Å². The van der Waals surface area contributed by atoms with Crippen molar-refractivity contribution < 1.29 is 14.4 Å². The summed E-state index contributed by atoms with van der Waals surface area (Å²) >= 11 is 0. The van der Waals surface area contributed by atoms with Gasteiger partial charge in [0.2, 0.25) is 0 Å². The Morgan fingerprint density at radius 3 is 2.26 bits per heavy atom. The third kappa shape index (κ3) is 4.82. The highest BCUT2D eigenvalue weighted by atomic mass is 16.7. The minimum atomic E-state index is -0.655. The highest BCUT2D eigenvalue weighted by Gasteiger charge is 2.28. The first kappa shape index (κ1) is 16.0. The van der Waals surface area contributed by atoms with Gasteiger partial charge >= 0.3 is 5.97 Å². The van der Waals surface area contributed by atoms with Crippen LogP contribution in [0.15, 0.2) is 0 Å². The van der Waals surface area contributed by atoms with E-state index in [-0.39, 0.29) is 17.8 Å². The lowest BCUT2D eigenvalue weighted by atomic mass is 9.81.